The zero-order valence-corrected chi connectivity index (χ0v) is 13.8. The van der Waals surface area contributed by atoms with Crippen LogP contribution in [0, 0.1) is 0 Å². The van der Waals surface area contributed by atoms with Gasteiger partial charge in [0.25, 0.3) is 5.91 Å². The molecule has 0 spiro atoms. The molecule has 0 aliphatic carbocycles. The van der Waals surface area contributed by atoms with Gasteiger partial charge < -0.3 is 15.5 Å². The van der Waals surface area contributed by atoms with Crippen molar-refractivity contribution in [2.24, 2.45) is 0 Å². The summed E-state index contributed by atoms with van der Waals surface area (Å²) in [7, 11) is 3.92. The largest absolute Gasteiger partial charge is 0.363 e. The summed E-state index contributed by atoms with van der Waals surface area (Å²) in [5.41, 5.74) is 1.52. The van der Waals surface area contributed by atoms with Crippen LogP contribution in [-0.4, -0.2) is 48.0 Å². The number of amides is 1. The highest BCUT2D eigenvalue weighted by molar-refractivity contribution is 5.92. The van der Waals surface area contributed by atoms with Gasteiger partial charge in [-0.15, -0.1) is 0 Å². The van der Waals surface area contributed by atoms with Gasteiger partial charge in [0.1, 0.15) is 17.8 Å². The van der Waals surface area contributed by atoms with E-state index in [1.165, 1.54) is 6.33 Å². The van der Waals surface area contributed by atoms with Crippen LogP contribution in [0.15, 0.2) is 42.7 Å². The van der Waals surface area contributed by atoms with E-state index < -0.39 is 0 Å². The Morgan fingerprint density at radius 1 is 1.22 bits per heavy atom. The molecule has 2 N–H and O–H groups in total. The molecule has 1 aromatic carbocycles. The maximum absolute atomic E-state index is 12.1. The standard InChI is InChI=1S/C17H23N5O/c1-13(14-7-5-4-6-8-14)21-16-11-15(19-12-20-16)17(23)18-9-10-22(2)3/h4-8,11-13H,9-10H2,1-3H3,(H,18,23)(H,19,20,21). The Bertz CT molecular complexity index is 630. The second-order valence-corrected chi connectivity index (χ2v) is 5.62. The van der Waals surface area contributed by atoms with Gasteiger partial charge in [-0.25, -0.2) is 9.97 Å². The molecule has 23 heavy (non-hydrogen) atoms. The molecule has 0 saturated carbocycles. The third-order valence-corrected chi connectivity index (χ3v) is 3.41. The Morgan fingerprint density at radius 3 is 2.65 bits per heavy atom. The van der Waals surface area contributed by atoms with Gasteiger partial charge in [-0.05, 0) is 26.6 Å². The molecular formula is C17H23N5O. The van der Waals surface area contributed by atoms with Crippen molar-refractivity contribution in [3.8, 4) is 0 Å². The van der Waals surface area contributed by atoms with Crippen molar-refractivity contribution in [3.05, 3.63) is 54.0 Å². The predicted octanol–water partition coefficient (Wildman–Crippen LogP) is 1.94. The number of aromatic nitrogens is 2. The molecule has 0 radical (unpaired) electrons. The van der Waals surface area contributed by atoms with Crippen LogP contribution in [0.1, 0.15) is 29.0 Å². The quantitative estimate of drug-likeness (QED) is 0.817. The van der Waals surface area contributed by atoms with E-state index in [9.17, 15) is 4.79 Å². The van der Waals surface area contributed by atoms with Gasteiger partial charge >= 0.3 is 0 Å². The first-order valence-corrected chi connectivity index (χ1v) is 7.62. The summed E-state index contributed by atoms with van der Waals surface area (Å²) in [5.74, 6) is 0.443. The topological polar surface area (TPSA) is 70.2 Å². The molecule has 0 saturated heterocycles. The first-order valence-electron chi connectivity index (χ1n) is 7.62. The summed E-state index contributed by atoms with van der Waals surface area (Å²) in [6, 6.07) is 11.8. The minimum absolute atomic E-state index is 0.0933. The third kappa shape index (κ3) is 5.34. The molecule has 0 bridgehead atoms. The van der Waals surface area contributed by atoms with E-state index in [1.54, 1.807) is 6.07 Å². The van der Waals surface area contributed by atoms with Crippen molar-refractivity contribution >= 4 is 11.7 Å². The van der Waals surface area contributed by atoms with Gasteiger partial charge in [-0.3, -0.25) is 4.79 Å². The fourth-order valence-electron chi connectivity index (χ4n) is 2.09. The molecule has 0 fully saturated rings. The number of nitrogens with zero attached hydrogens (tertiary/aromatic N) is 3. The van der Waals surface area contributed by atoms with Crippen LogP contribution in [0.3, 0.4) is 0 Å². The Hall–Kier alpha value is -2.47. The Kier molecular flexibility index (Phi) is 6.05. The van der Waals surface area contributed by atoms with Gasteiger partial charge in [-0.1, -0.05) is 30.3 Å². The summed E-state index contributed by atoms with van der Waals surface area (Å²) in [6.07, 6.45) is 1.40. The van der Waals surface area contributed by atoms with Crippen molar-refractivity contribution in [2.45, 2.75) is 13.0 Å². The average Bonchev–Trinajstić information content (AvgIpc) is 2.55. The molecule has 0 aliphatic heterocycles. The van der Waals surface area contributed by atoms with Crippen LogP contribution >= 0.6 is 0 Å². The first-order chi connectivity index (χ1) is 11.1. The molecule has 0 aliphatic rings. The van der Waals surface area contributed by atoms with Crippen LogP contribution in [0.25, 0.3) is 0 Å². The summed E-state index contributed by atoms with van der Waals surface area (Å²) >= 11 is 0. The third-order valence-electron chi connectivity index (χ3n) is 3.41. The zero-order chi connectivity index (χ0) is 16.7. The van der Waals surface area contributed by atoms with Gasteiger partial charge in [0.15, 0.2) is 0 Å². The van der Waals surface area contributed by atoms with E-state index in [-0.39, 0.29) is 11.9 Å². The average molecular weight is 313 g/mol. The summed E-state index contributed by atoms with van der Waals surface area (Å²) < 4.78 is 0. The summed E-state index contributed by atoms with van der Waals surface area (Å²) in [4.78, 5) is 22.3. The monoisotopic (exact) mass is 313 g/mol. The lowest BCUT2D eigenvalue weighted by Gasteiger charge is -2.15. The van der Waals surface area contributed by atoms with E-state index in [0.29, 0.717) is 18.1 Å². The predicted molar refractivity (Wildman–Crippen MR) is 91.4 cm³/mol. The minimum atomic E-state index is -0.190. The van der Waals surface area contributed by atoms with E-state index in [1.807, 2.05) is 56.3 Å². The number of likely N-dealkylation sites (N-methyl/N-ethyl adjacent to an activating group) is 1. The van der Waals surface area contributed by atoms with E-state index in [0.717, 1.165) is 12.1 Å². The van der Waals surface area contributed by atoms with Crippen LogP contribution in [-0.2, 0) is 0 Å². The number of carbonyl (C=O) groups is 1. The molecule has 1 atom stereocenters. The maximum Gasteiger partial charge on any atom is 0.270 e. The van der Waals surface area contributed by atoms with Crippen molar-refractivity contribution < 1.29 is 4.79 Å². The highest BCUT2D eigenvalue weighted by atomic mass is 16.1. The number of rotatable bonds is 7. The highest BCUT2D eigenvalue weighted by Crippen LogP contribution is 2.17. The Morgan fingerprint density at radius 2 is 1.96 bits per heavy atom. The maximum atomic E-state index is 12.1. The zero-order valence-electron chi connectivity index (χ0n) is 13.8. The lowest BCUT2D eigenvalue weighted by molar-refractivity contribution is 0.0946. The van der Waals surface area contributed by atoms with Crippen molar-refractivity contribution in [1.29, 1.82) is 0 Å². The number of anilines is 1. The minimum Gasteiger partial charge on any atom is -0.363 e. The van der Waals surface area contributed by atoms with Gasteiger partial charge in [0, 0.05) is 25.2 Å². The number of hydrogen-bond acceptors (Lipinski definition) is 5. The molecule has 1 heterocycles. The molecule has 2 aromatic rings. The lowest BCUT2D eigenvalue weighted by atomic mass is 10.1. The lowest BCUT2D eigenvalue weighted by Crippen LogP contribution is -2.31. The SMILES string of the molecule is CC(Nc1cc(C(=O)NCCN(C)C)ncn1)c1ccccc1. The molecule has 2 rings (SSSR count). The molecular weight excluding hydrogens is 290 g/mol. The van der Waals surface area contributed by atoms with Crippen LogP contribution in [0.2, 0.25) is 0 Å². The highest BCUT2D eigenvalue weighted by Gasteiger charge is 2.10. The van der Waals surface area contributed by atoms with E-state index >= 15 is 0 Å². The first kappa shape index (κ1) is 16.9. The molecule has 1 unspecified atom stereocenters. The molecule has 6 nitrogen and oxygen atoms in total. The summed E-state index contributed by atoms with van der Waals surface area (Å²) in [6.45, 7) is 3.42. The number of nitrogens with one attached hydrogen (secondary N) is 2. The van der Waals surface area contributed by atoms with Crippen molar-refractivity contribution in [1.82, 2.24) is 20.2 Å². The summed E-state index contributed by atoms with van der Waals surface area (Å²) in [5, 5.41) is 6.13. The van der Waals surface area contributed by atoms with Crippen molar-refractivity contribution in [3.63, 3.8) is 0 Å². The normalized spacial score (nSPS) is 12.0. The van der Waals surface area contributed by atoms with Gasteiger partial charge in [0.05, 0.1) is 0 Å². The molecule has 1 aromatic heterocycles. The fraction of sp³-hybridized carbons (Fsp3) is 0.353. The number of benzene rings is 1. The van der Waals surface area contributed by atoms with E-state index in [4.69, 9.17) is 0 Å². The van der Waals surface area contributed by atoms with Crippen LogP contribution < -0.4 is 10.6 Å². The van der Waals surface area contributed by atoms with Gasteiger partial charge in [-0.2, -0.15) is 0 Å². The van der Waals surface area contributed by atoms with Crippen LogP contribution in [0.4, 0.5) is 5.82 Å². The number of carbonyl (C=O) groups excluding carboxylic acids is 1. The Labute approximate surface area is 137 Å². The smallest absolute Gasteiger partial charge is 0.270 e. The molecule has 1 amide bonds. The van der Waals surface area contributed by atoms with E-state index in [2.05, 4.69) is 20.6 Å². The van der Waals surface area contributed by atoms with Gasteiger partial charge in [0.2, 0.25) is 0 Å². The molecule has 6 heteroatoms. The number of hydrogen-bond donors (Lipinski definition) is 2. The molecule has 122 valence electrons. The second kappa shape index (κ2) is 8.24. The fourth-order valence-corrected chi connectivity index (χ4v) is 2.09. The van der Waals surface area contributed by atoms with Crippen molar-refractivity contribution in [2.75, 3.05) is 32.5 Å². The van der Waals surface area contributed by atoms with Crippen LogP contribution in [0.5, 0.6) is 0 Å². The second-order valence-electron chi connectivity index (χ2n) is 5.62. The Balaban J connectivity index is 1.98.